The monoisotopic (exact) mass is 418 g/mol. The van der Waals surface area contributed by atoms with E-state index in [-0.39, 0.29) is 0 Å². The van der Waals surface area contributed by atoms with Crippen LogP contribution in [0, 0.1) is 0 Å². The molecule has 2 aromatic carbocycles. The number of halogens is 2. The number of aromatic nitrogens is 1. The molecule has 0 spiro atoms. The van der Waals surface area contributed by atoms with Gasteiger partial charge in [-0.05, 0) is 42.0 Å². The first-order chi connectivity index (χ1) is 13.6. The van der Waals surface area contributed by atoms with Gasteiger partial charge in [-0.2, -0.15) is 0 Å². The number of benzene rings is 2. The minimum Gasteiger partial charge on any atom is -0.495 e. The van der Waals surface area contributed by atoms with E-state index in [2.05, 4.69) is 10.3 Å². The van der Waals surface area contributed by atoms with Crippen LogP contribution in [-0.2, 0) is 13.2 Å². The van der Waals surface area contributed by atoms with Crippen LogP contribution in [0.1, 0.15) is 11.1 Å². The fraction of sp³-hybridized carbons (Fsp3) is 0.190. The zero-order valence-corrected chi connectivity index (χ0v) is 17.1. The van der Waals surface area contributed by atoms with Crippen LogP contribution in [0.3, 0.4) is 0 Å². The van der Waals surface area contributed by atoms with Crippen molar-refractivity contribution in [1.29, 1.82) is 0 Å². The first kappa shape index (κ1) is 20.1. The Kier molecular flexibility index (Phi) is 6.85. The van der Waals surface area contributed by atoms with Crippen LogP contribution in [0.25, 0.3) is 0 Å². The summed E-state index contributed by atoms with van der Waals surface area (Å²) in [5.41, 5.74) is 2.87. The second kappa shape index (κ2) is 9.53. The molecule has 0 aliphatic carbocycles. The molecule has 3 rings (SSSR count). The Morgan fingerprint density at radius 3 is 2.29 bits per heavy atom. The van der Waals surface area contributed by atoms with Gasteiger partial charge in [-0.3, -0.25) is 0 Å². The maximum Gasteiger partial charge on any atom is 0.161 e. The second-order valence-corrected chi connectivity index (χ2v) is 6.76. The Bertz CT molecular complexity index is 933. The third kappa shape index (κ3) is 5.21. The van der Waals surface area contributed by atoms with E-state index < -0.39 is 0 Å². The summed E-state index contributed by atoms with van der Waals surface area (Å²) in [7, 11) is 3.21. The van der Waals surface area contributed by atoms with Gasteiger partial charge in [0.25, 0.3) is 0 Å². The molecule has 1 aromatic heterocycles. The molecular weight excluding hydrogens is 399 g/mol. The van der Waals surface area contributed by atoms with Crippen molar-refractivity contribution in [2.45, 2.75) is 13.2 Å². The zero-order chi connectivity index (χ0) is 19.9. The number of methoxy groups -OCH3 is 2. The van der Waals surface area contributed by atoms with Crippen LogP contribution in [0.2, 0.25) is 10.2 Å². The molecule has 1 N–H and O–H groups in total. The smallest absolute Gasteiger partial charge is 0.161 e. The number of ether oxygens (including phenoxy) is 3. The van der Waals surface area contributed by atoms with Gasteiger partial charge in [0.05, 0.1) is 19.2 Å². The van der Waals surface area contributed by atoms with Gasteiger partial charge in [-0.15, -0.1) is 0 Å². The summed E-state index contributed by atoms with van der Waals surface area (Å²) in [5.74, 6) is 1.97. The van der Waals surface area contributed by atoms with E-state index in [4.69, 9.17) is 37.4 Å². The van der Waals surface area contributed by atoms with Crippen LogP contribution in [0.15, 0.2) is 54.7 Å². The number of hydrogen-bond donors (Lipinski definition) is 1. The van der Waals surface area contributed by atoms with Crippen molar-refractivity contribution < 1.29 is 14.2 Å². The van der Waals surface area contributed by atoms with E-state index in [0.717, 1.165) is 16.8 Å². The molecule has 0 atom stereocenters. The lowest BCUT2D eigenvalue weighted by Gasteiger charge is -2.13. The summed E-state index contributed by atoms with van der Waals surface area (Å²) in [4.78, 5) is 4.05. The molecule has 0 saturated heterocycles. The molecule has 0 amide bonds. The third-order valence-corrected chi connectivity index (χ3v) is 4.58. The molecule has 0 saturated carbocycles. The van der Waals surface area contributed by atoms with Crippen molar-refractivity contribution in [1.82, 2.24) is 4.98 Å². The summed E-state index contributed by atoms with van der Waals surface area (Å²) in [6, 6.07) is 15.0. The van der Waals surface area contributed by atoms with Gasteiger partial charge in [-0.25, -0.2) is 4.98 Å². The van der Waals surface area contributed by atoms with Crippen molar-refractivity contribution in [3.05, 3.63) is 76.0 Å². The fourth-order valence-corrected chi connectivity index (χ4v) is 2.94. The van der Waals surface area contributed by atoms with Gasteiger partial charge < -0.3 is 19.5 Å². The topological polar surface area (TPSA) is 52.6 Å². The normalized spacial score (nSPS) is 10.4. The molecule has 146 valence electrons. The van der Waals surface area contributed by atoms with Crippen LogP contribution in [0.4, 0.5) is 5.69 Å². The van der Waals surface area contributed by atoms with E-state index in [1.54, 1.807) is 26.5 Å². The van der Waals surface area contributed by atoms with E-state index in [9.17, 15) is 0 Å². The van der Waals surface area contributed by atoms with Gasteiger partial charge in [0.2, 0.25) is 0 Å². The summed E-state index contributed by atoms with van der Waals surface area (Å²) >= 11 is 12.0. The van der Waals surface area contributed by atoms with Crippen LogP contribution >= 0.6 is 23.2 Å². The number of pyridine rings is 1. The highest BCUT2D eigenvalue weighted by Gasteiger charge is 2.08. The lowest BCUT2D eigenvalue weighted by atomic mass is 10.2. The highest BCUT2D eigenvalue weighted by atomic mass is 35.5. The van der Waals surface area contributed by atoms with Crippen molar-refractivity contribution in [2.75, 3.05) is 19.5 Å². The Labute approximate surface area is 174 Å². The zero-order valence-electron chi connectivity index (χ0n) is 15.5. The van der Waals surface area contributed by atoms with Crippen LogP contribution in [0.5, 0.6) is 17.2 Å². The van der Waals surface area contributed by atoms with Gasteiger partial charge in [-0.1, -0.05) is 35.3 Å². The summed E-state index contributed by atoms with van der Waals surface area (Å²) in [5, 5.41) is 4.35. The largest absolute Gasteiger partial charge is 0.495 e. The van der Waals surface area contributed by atoms with Crippen molar-refractivity contribution in [3.63, 3.8) is 0 Å². The molecule has 0 bridgehead atoms. The quantitative estimate of drug-likeness (QED) is 0.482. The van der Waals surface area contributed by atoms with E-state index in [1.807, 2.05) is 42.5 Å². The highest BCUT2D eigenvalue weighted by molar-refractivity contribution is 6.32. The fourth-order valence-electron chi connectivity index (χ4n) is 2.57. The van der Waals surface area contributed by atoms with Gasteiger partial charge in [0.15, 0.2) is 11.5 Å². The van der Waals surface area contributed by atoms with Crippen molar-refractivity contribution >= 4 is 28.9 Å². The molecule has 0 aliphatic rings. The van der Waals surface area contributed by atoms with E-state index in [1.165, 1.54) is 0 Å². The first-order valence-corrected chi connectivity index (χ1v) is 9.32. The van der Waals surface area contributed by atoms with Gasteiger partial charge >= 0.3 is 0 Å². The number of rotatable bonds is 8. The number of nitrogens with zero attached hydrogens (tertiary/aromatic N) is 1. The Hall–Kier alpha value is -2.63. The molecule has 0 fully saturated rings. The average Bonchev–Trinajstić information content (AvgIpc) is 2.72. The standard InChI is InChI=1S/C21H20Cl2N2O3/c1-26-18-7-5-16(10-17(18)22)24-11-14-3-6-19(20(9-14)27-2)28-13-15-4-8-21(23)25-12-15/h3-10,12,24H,11,13H2,1-2H3. The van der Waals surface area contributed by atoms with Crippen molar-refractivity contribution in [3.8, 4) is 17.2 Å². The predicted octanol–water partition coefficient (Wildman–Crippen LogP) is 5.60. The average molecular weight is 419 g/mol. The summed E-state index contributed by atoms with van der Waals surface area (Å²) in [6.07, 6.45) is 1.69. The maximum absolute atomic E-state index is 6.16. The summed E-state index contributed by atoms with van der Waals surface area (Å²) in [6.45, 7) is 0.989. The minimum absolute atomic E-state index is 0.377. The van der Waals surface area contributed by atoms with Crippen LogP contribution in [-0.4, -0.2) is 19.2 Å². The Morgan fingerprint density at radius 2 is 1.61 bits per heavy atom. The van der Waals surface area contributed by atoms with Gasteiger partial charge in [0.1, 0.15) is 17.5 Å². The molecule has 0 aliphatic heterocycles. The van der Waals surface area contributed by atoms with Crippen LogP contribution < -0.4 is 19.5 Å². The minimum atomic E-state index is 0.377. The molecular formula is C21H20Cl2N2O3. The Balaban J connectivity index is 1.63. The Morgan fingerprint density at radius 1 is 0.857 bits per heavy atom. The molecule has 28 heavy (non-hydrogen) atoms. The second-order valence-electron chi connectivity index (χ2n) is 5.97. The van der Waals surface area contributed by atoms with Gasteiger partial charge in [0, 0.05) is 24.0 Å². The first-order valence-electron chi connectivity index (χ1n) is 8.56. The van der Waals surface area contributed by atoms with E-state index in [0.29, 0.717) is 40.6 Å². The molecule has 7 heteroatoms. The molecule has 0 radical (unpaired) electrons. The SMILES string of the molecule is COc1ccc(NCc2ccc(OCc3ccc(Cl)nc3)c(OC)c2)cc1Cl. The summed E-state index contributed by atoms with van der Waals surface area (Å²) < 4.78 is 16.5. The molecule has 0 unspecified atom stereocenters. The number of hydrogen-bond acceptors (Lipinski definition) is 5. The predicted molar refractivity (Wildman–Crippen MR) is 112 cm³/mol. The molecule has 1 heterocycles. The number of nitrogens with one attached hydrogen (secondary N) is 1. The highest BCUT2D eigenvalue weighted by Crippen LogP contribution is 2.30. The third-order valence-electron chi connectivity index (χ3n) is 4.06. The van der Waals surface area contributed by atoms with Crippen molar-refractivity contribution in [2.24, 2.45) is 0 Å². The lowest BCUT2D eigenvalue weighted by Crippen LogP contribution is -2.02. The molecule has 5 nitrogen and oxygen atoms in total. The molecule has 3 aromatic rings. The maximum atomic E-state index is 6.16. The lowest BCUT2D eigenvalue weighted by molar-refractivity contribution is 0.284. The van der Waals surface area contributed by atoms with E-state index >= 15 is 0 Å². The number of anilines is 1.